The molecule has 1 atom stereocenters. The van der Waals surface area contributed by atoms with Crippen molar-refractivity contribution in [3.63, 3.8) is 0 Å². The number of hydrogen-bond donors (Lipinski definition) is 2. The van der Waals surface area contributed by atoms with Crippen LogP contribution in [0.3, 0.4) is 0 Å². The zero-order valence-corrected chi connectivity index (χ0v) is 19.1. The zero-order valence-electron chi connectivity index (χ0n) is 19.1. The molecule has 3 aromatic rings. The van der Waals surface area contributed by atoms with E-state index in [0.717, 1.165) is 48.4 Å². The summed E-state index contributed by atoms with van der Waals surface area (Å²) < 4.78 is 2.03. The molecule has 2 aromatic heterocycles. The van der Waals surface area contributed by atoms with E-state index in [0.29, 0.717) is 17.6 Å². The molecule has 0 radical (unpaired) electrons. The second-order valence-corrected chi connectivity index (χ2v) is 8.50. The lowest BCUT2D eigenvalue weighted by molar-refractivity contribution is 0.0948. The minimum atomic E-state index is -0.543. The second-order valence-electron chi connectivity index (χ2n) is 8.50. The van der Waals surface area contributed by atoms with Crippen molar-refractivity contribution in [2.45, 2.75) is 38.8 Å². The van der Waals surface area contributed by atoms with Gasteiger partial charge in [0.25, 0.3) is 5.91 Å². The highest BCUT2D eigenvalue weighted by Gasteiger charge is 2.19. The van der Waals surface area contributed by atoms with E-state index >= 15 is 0 Å². The van der Waals surface area contributed by atoms with Crippen molar-refractivity contribution in [3.8, 4) is 17.3 Å². The van der Waals surface area contributed by atoms with E-state index in [1.54, 1.807) is 31.5 Å². The second kappa shape index (κ2) is 9.79. The summed E-state index contributed by atoms with van der Waals surface area (Å²) in [6, 6.07) is 9.03. The molecule has 0 spiro atoms. The van der Waals surface area contributed by atoms with E-state index in [4.69, 9.17) is 10.2 Å². The first-order valence-electron chi connectivity index (χ1n) is 11.1. The normalized spacial score (nSPS) is 15.6. The molecule has 33 heavy (non-hydrogen) atoms. The van der Waals surface area contributed by atoms with Crippen molar-refractivity contribution in [1.82, 2.24) is 30.0 Å². The fourth-order valence-corrected chi connectivity index (χ4v) is 3.88. The number of aryl methyl sites for hydroxylation is 1. The van der Waals surface area contributed by atoms with Crippen LogP contribution in [0.5, 0.6) is 0 Å². The number of nitrogens with zero attached hydrogens (tertiary/aromatic N) is 6. The predicted molar refractivity (Wildman–Crippen MR) is 126 cm³/mol. The standard InChI is InChI=1S/C24H28N8O/c1-16-13-26-24(29-20-14-27-32(15-20)21-8-10-31(3)11-9-21)30-22(16)18-4-6-19(7-5-18)23(33)28-17(2)12-25/h4-7,13-15,17,21H,8-11H2,1-3H3,(H,28,33)(H,26,29,30). The van der Waals surface area contributed by atoms with Gasteiger partial charge in [0.15, 0.2) is 0 Å². The van der Waals surface area contributed by atoms with Gasteiger partial charge in [-0.1, -0.05) is 12.1 Å². The average Bonchev–Trinajstić information content (AvgIpc) is 3.29. The largest absolute Gasteiger partial charge is 0.337 e. The van der Waals surface area contributed by atoms with Crippen LogP contribution in [0.25, 0.3) is 11.3 Å². The highest BCUT2D eigenvalue weighted by atomic mass is 16.1. The highest BCUT2D eigenvalue weighted by molar-refractivity contribution is 5.95. The first kappa shape index (κ1) is 22.4. The number of likely N-dealkylation sites (tertiary alicyclic amines) is 1. The summed E-state index contributed by atoms with van der Waals surface area (Å²) in [7, 11) is 2.15. The van der Waals surface area contributed by atoms with Crippen molar-refractivity contribution in [2.75, 3.05) is 25.5 Å². The van der Waals surface area contributed by atoms with Gasteiger partial charge in [-0.3, -0.25) is 9.48 Å². The maximum absolute atomic E-state index is 12.2. The number of aromatic nitrogens is 4. The molecule has 0 aliphatic carbocycles. The highest BCUT2D eigenvalue weighted by Crippen LogP contribution is 2.25. The van der Waals surface area contributed by atoms with Gasteiger partial charge in [-0.2, -0.15) is 10.4 Å². The number of carbonyl (C=O) groups is 1. The van der Waals surface area contributed by atoms with Crippen LogP contribution in [0.4, 0.5) is 11.6 Å². The van der Waals surface area contributed by atoms with Crippen molar-refractivity contribution in [2.24, 2.45) is 0 Å². The molecule has 0 bridgehead atoms. The fourth-order valence-electron chi connectivity index (χ4n) is 3.88. The number of benzene rings is 1. The van der Waals surface area contributed by atoms with Crippen molar-refractivity contribution < 1.29 is 4.79 Å². The first-order valence-corrected chi connectivity index (χ1v) is 11.1. The third-order valence-corrected chi connectivity index (χ3v) is 5.85. The number of hydrogen-bond acceptors (Lipinski definition) is 7. The maximum atomic E-state index is 12.2. The van der Waals surface area contributed by atoms with Crippen LogP contribution in [-0.4, -0.2) is 56.7 Å². The summed E-state index contributed by atoms with van der Waals surface area (Å²) >= 11 is 0. The third kappa shape index (κ3) is 5.35. The molecule has 0 saturated carbocycles. The number of nitrogens with one attached hydrogen (secondary N) is 2. The number of amides is 1. The molecule has 9 nitrogen and oxygen atoms in total. The SMILES string of the molecule is Cc1cnc(Nc2cnn(C3CCN(C)CC3)c2)nc1-c1ccc(C(=O)NC(C)C#N)cc1. The summed E-state index contributed by atoms with van der Waals surface area (Å²) in [4.78, 5) is 23.7. The number of anilines is 2. The van der Waals surface area contributed by atoms with Crippen LogP contribution in [0, 0.1) is 18.3 Å². The minimum absolute atomic E-state index is 0.279. The lowest BCUT2D eigenvalue weighted by atomic mass is 10.1. The van der Waals surface area contributed by atoms with Crippen LogP contribution in [0.15, 0.2) is 42.9 Å². The number of rotatable bonds is 6. The van der Waals surface area contributed by atoms with Crippen molar-refractivity contribution >= 4 is 17.5 Å². The predicted octanol–water partition coefficient (Wildman–Crippen LogP) is 3.30. The molecule has 170 valence electrons. The van der Waals surface area contributed by atoms with E-state index in [1.807, 2.05) is 36.0 Å². The van der Waals surface area contributed by atoms with Crippen molar-refractivity contribution in [3.05, 3.63) is 54.0 Å². The Morgan fingerprint density at radius 3 is 2.64 bits per heavy atom. The van der Waals surface area contributed by atoms with Crippen LogP contribution in [0.2, 0.25) is 0 Å². The van der Waals surface area contributed by atoms with Gasteiger partial charge in [-0.25, -0.2) is 9.97 Å². The molecule has 1 fully saturated rings. The Morgan fingerprint density at radius 1 is 1.21 bits per heavy atom. The Morgan fingerprint density at radius 2 is 1.94 bits per heavy atom. The molecule has 1 unspecified atom stereocenters. The molecule has 1 saturated heterocycles. The van der Waals surface area contributed by atoms with Gasteiger partial charge in [0.1, 0.15) is 6.04 Å². The molecule has 9 heteroatoms. The van der Waals surface area contributed by atoms with Crippen molar-refractivity contribution in [1.29, 1.82) is 5.26 Å². The molecular weight excluding hydrogens is 416 g/mol. The van der Waals surface area contributed by atoms with Gasteiger partial charge in [0, 0.05) is 23.5 Å². The Labute approximate surface area is 193 Å². The van der Waals surface area contributed by atoms with Crippen LogP contribution in [0.1, 0.15) is 41.7 Å². The van der Waals surface area contributed by atoms with Gasteiger partial charge < -0.3 is 15.5 Å². The average molecular weight is 445 g/mol. The molecular formula is C24H28N8O. The molecule has 3 heterocycles. The van der Waals surface area contributed by atoms with Crippen LogP contribution < -0.4 is 10.6 Å². The fraction of sp³-hybridized carbons (Fsp3) is 0.375. The van der Waals surface area contributed by atoms with Gasteiger partial charge >= 0.3 is 0 Å². The quantitative estimate of drug-likeness (QED) is 0.600. The molecule has 1 aromatic carbocycles. The Kier molecular flexibility index (Phi) is 6.66. The van der Waals surface area contributed by atoms with E-state index in [2.05, 4.69) is 32.7 Å². The summed E-state index contributed by atoms with van der Waals surface area (Å²) in [6.45, 7) is 5.75. The molecule has 1 amide bonds. The van der Waals surface area contributed by atoms with Crippen LogP contribution in [-0.2, 0) is 0 Å². The maximum Gasteiger partial charge on any atom is 0.252 e. The Balaban J connectivity index is 1.47. The minimum Gasteiger partial charge on any atom is -0.337 e. The van der Waals surface area contributed by atoms with Crippen LogP contribution >= 0.6 is 0 Å². The molecule has 2 N–H and O–H groups in total. The summed E-state index contributed by atoms with van der Waals surface area (Å²) in [5, 5.41) is 19.3. The third-order valence-electron chi connectivity index (χ3n) is 5.85. The lowest BCUT2D eigenvalue weighted by Crippen LogP contribution is -2.31. The first-order chi connectivity index (χ1) is 15.9. The monoisotopic (exact) mass is 444 g/mol. The van der Waals surface area contributed by atoms with Gasteiger partial charge in [0.2, 0.25) is 5.95 Å². The summed E-state index contributed by atoms with van der Waals surface area (Å²) in [5.41, 5.74) is 3.94. The smallest absolute Gasteiger partial charge is 0.252 e. The number of carbonyl (C=O) groups excluding carboxylic acids is 1. The Hall–Kier alpha value is -3.77. The lowest BCUT2D eigenvalue weighted by Gasteiger charge is -2.28. The number of nitriles is 1. The van der Waals surface area contributed by atoms with E-state index in [9.17, 15) is 4.79 Å². The van der Waals surface area contributed by atoms with E-state index < -0.39 is 6.04 Å². The van der Waals surface area contributed by atoms with Gasteiger partial charge in [0.05, 0.1) is 29.7 Å². The Bertz CT molecular complexity index is 1160. The number of piperidine rings is 1. The molecule has 1 aliphatic heterocycles. The molecule has 1 aliphatic rings. The summed E-state index contributed by atoms with van der Waals surface area (Å²) in [6.07, 6.45) is 7.77. The summed E-state index contributed by atoms with van der Waals surface area (Å²) in [5.74, 6) is 0.210. The van der Waals surface area contributed by atoms with E-state index in [1.165, 1.54) is 0 Å². The molecule has 4 rings (SSSR count). The van der Waals surface area contributed by atoms with Gasteiger partial charge in [-0.05, 0) is 64.5 Å². The zero-order chi connectivity index (χ0) is 23.4. The topological polar surface area (TPSA) is 112 Å². The van der Waals surface area contributed by atoms with E-state index in [-0.39, 0.29) is 5.91 Å². The van der Waals surface area contributed by atoms with Gasteiger partial charge in [-0.15, -0.1) is 0 Å².